The van der Waals surface area contributed by atoms with Gasteiger partial charge in [0.1, 0.15) is 0 Å². The van der Waals surface area contributed by atoms with E-state index in [0.717, 1.165) is 32.4 Å². The van der Waals surface area contributed by atoms with E-state index in [1.165, 1.54) is 62.8 Å². The van der Waals surface area contributed by atoms with E-state index in [2.05, 4.69) is 33.3 Å². The highest BCUT2D eigenvalue weighted by Gasteiger charge is 2.50. The van der Waals surface area contributed by atoms with E-state index in [-0.39, 0.29) is 11.0 Å². The van der Waals surface area contributed by atoms with Crippen LogP contribution in [0.15, 0.2) is 36.7 Å². The number of fused-ring (bicyclic) bond motifs is 2. The van der Waals surface area contributed by atoms with Gasteiger partial charge in [0.2, 0.25) is 0 Å². The van der Waals surface area contributed by atoms with Crippen molar-refractivity contribution < 1.29 is 4.74 Å². The van der Waals surface area contributed by atoms with E-state index in [0.29, 0.717) is 11.6 Å². The number of nitrogens with zero attached hydrogens (tertiary/aromatic N) is 3. The Morgan fingerprint density at radius 1 is 1.03 bits per heavy atom. The summed E-state index contributed by atoms with van der Waals surface area (Å²) in [4.78, 5) is 4.85. The summed E-state index contributed by atoms with van der Waals surface area (Å²) >= 11 is 0. The Kier molecular flexibility index (Phi) is 4.54. The molecule has 2 aromatic rings. The molecule has 30 heavy (non-hydrogen) atoms. The fourth-order valence-electron chi connectivity index (χ4n) is 6.73. The Balaban J connectivity index is 1.20. The van der Waals surface area contributed by atoms with Gasteiger partial charge in [0, 0.05) is 36.2 Å². The second-order valence-corrected chi connectivity index (χ2v) is 10.3. The van der Waals surface area contributed by atoms with Gasteiger partial charge in [-0.1, -0.05) is 18.9 Å². The first kappa shape index (κ1) is 19.0. The quantitative estimate of drug-likeness (QED) is 0.786. The Morgan fingerprint density at radius 3 is 2.73 bits per heavy atom. The van der Waals surface area contributed by atoms with Crippen LogP contribution in [0.25, 0.3) is 0 Å². The number of hydrogen-bond acceptors (Lipinski definition) is 4. The van der Waals surface area contributed by atoms with Gasteiger partial charge in [-0.3, -0.25) is 9.67 Å². The van der Waals surface area contributed by atoms with E-state index in [9.17, 15) is 0 Å². The fraction of sp³-hybridized carbons (Fsp3) is 0.680. The Morgan fingerprint density at radius 2 is 1.93 bits per heavy atom. The lowest BCUT2D eigenvalue weighted by Gasteiger charge is -2.46. The van der Waals surface area contributed by atoms with E-state index in [4.69, 9.17) is 9.72 Å². The third-order valence-electron chi connectivity index (χ3n) is 8.57. The summed E-state index contributed by atoms with van der Waals surface area (Å²) in [7, 11) is 0. The van der Waals surface area contributed by atoms with Gasteiger partial charge in [-0.2, -0.15) is 5.10 Å². The summed E-state index contributed by atoms with van der Waals surface area (Å²) in [5.41, 5.74) is 3.25. The molecular formula is C25H34N4O. The molecule has 0 aromatic carbocycles. The van der Waals surface area contributed by atoms with Gasteiger partial charge in [0.15, 0.2) is 0 Å². The van der Waals surface area contributed by atoms with Crippen LogP contribution in [0.5, 0.6) is 0 Å². The van der Waals surface area contributed by atoms with Crippen LogP contribution in [-0.4, -0.2) is 33.5 Å². The minimum atomic E-state index is 0.0948. The molecule has 2 aliphatic heterocycles. The van der Waals surface area contributed by atoms with Crippen molar-refractivity contribution >= 4 is 0 Å². The molecule has 160 valence electrons. The van der Waals surface area contributed by atoms with E-state index in [1.54, 1.807) is 0 Å². The maximum atomic E-state index is 6.41. The zero-order chi connectivity index (χ0) is 20.1. The summed E-state index contributed by atoms with van der Waals surface area (Å²) < 4.78 is 8.74. The highest BCUT2D eigenvalue weighted by molar-refractivity contribution is 5.21. The lowest BCUT2D eigenvalue weighted by Crippen LogP contribution is -2.47. The first-order chi connectivity index (χ1) is 14.7. The molecule has 0 amide bonds. The van der Waals surface area contributed by atoms with Crippen LogP contribution in [0.3, 0.4) is 0 Å². The number of pyridine rings is 1. The Bertz CT molecular complexity index is 884. The van der Waals surface area contributed by atoms with Crippen LogP contribution in [0, 0.1) is 0 Å². The first-order valence-electron chi connectivity index (χ1n) is 12.1. The zero-order valence-electron chi connectivity index (χ0n) is 18.0. The number of ether oxygens (including phenoxy) is 1. The van der Waals surface area contributed by atoms with Crippen molar-refractivity contribution in [2.24, 2.45) is 0 Å². The predicted molar refractivity (Wildman–Crippen MR) is 116 cm³/mol. The van der Waals surface area contributed by atoms with Crippen LogP contribution in [0.4, 0.5) is 0 Å². The van der Waals surface area contributed by atoms with E-state index < -0.39 is 0 Å². The molecule has 6 rings (SSSR count). The molecule has 2 saturated carbocycles. The Hall–Kier alpha value is -1.72. The van der Waals surface area contributed by atoms with Crippen LogP contribution >= 0.6 is 0 Å². The lowest BCUT2D eigenvalue weighted by atomic mass is 9.68. The second-order valence-electron chi connectivity index (χ2n) is 10.3. The number of aromatic nitrogens is 3. The van der Waals surface area contributed by atoms with Crippen molar-refractivity contribution in [2.45, 2.75) is 93.2 Å². The molecule has 1 saturated heterocycles. The molecule has 0 radical (unpaired) electrons. The van der Waals surface area contributed by atoms with Crippen LogP contribution in [0.1, 0.15) is 88.1 Å². The lowest BCUT2D eigenvalue weighted by molar-refractivity contribution is -0.104. The molecule has 2 aromatic heterocycles. The SMILES string of the molecule is c1ccc([C@]2(CCNC3CCC4(CC4)n4nccc43)CCOC3(CCCC3)C2)nc1. The maximum Gasteiger partial charge on any atom is 0.0691 e. The average molecular weight is 407 g/mol. The minimum Gasteiger partial charge on any atom is -0.375 e. The number of nitrogens with one attached hydrogen (secondary N) is 1. The number of hydrogen-bond donors (Lipinski definition) is 1. The smallest absolute Gasteiger partial charge is 0.0691 e. The topological polar surface area (TPSA) is 52.0 Å². The van der Waals surface area contributed by atoms with Crippen LogP contribution in [-0.2, 0) is 15.7 Å². The number of rotatable bonds is 5. The van der Waals surface area contributed by atoms with Gasteiger partial charge in [-0.25, -0.2) is 0 Å². The largest absolute Gasteiger partial charge is 0.375 e. The van der Waals surface area contributed by atoms with Gasteiger partial charge in [0.05, 0.1) is 16.8 Å². The predicted octanol–water partition coefficient (Wildman–Crippen LogP) is 4.64. The first-order valence-corrected chi connectivity index (χ1v) is 12.1. The molecule has 5 heteroatoms. The van der Waals surface area contributed by atoms with Crippen molar-refractivity contribution in [1.29, 1.82) is 0 Å². The van der Waals surface area contributed by atoms with Gasteiger partial charge in [0.25, 0.3) is 0 Å². The summed E-state index contributed by atoms with van der Waals surface area (Å²) in [6, 6.07) is 9.10. The summed E-state index contributed by atoms with van der Waals surface area (Å²) in [5, 5.41) is 8.60. The maximum absolute atomic E-state index is 6.41. The minimum absolute atomic E-state index is 0.0948. The van der Waals surface area contributed by atoms with Crippen molar-refractivity contribution in [3.8, 4) is 0 Å². The van der Waals surface area contributed by atoms with Gasteiger partial charge in [-0.05, 0) is 82.5 Å². The zero-order valence-corrected chi connectivity index (χ0v) is 18.0. The molecular weight excluding hydrogens is 372 g/mol. The van der Waals surface area contributed by atoms with Crippen LogP contribution in [0.2, 0.25) is 0 Å². The van der Waals surface area contributed by atoms with Crippen molar-refractivity contribution in [3.63, 3.8) is 0 Å². The third-order valence-corrected chi connectivity index (χ3v) is 8.57. The average Bonchev–Trinajstić information content (AvgIpc) is 3.15. The molecule has 1 unspecified atom stereocenters. The highest BCUT2D eigenvalue weighted by Crippen LogP contribution is 2.52. The van der Waals surface area contributed by atoms with Gasteiger partial charge >= 0.3 is 0 Å². The normalized spacial score (nSPS) is 31.1. The molecule has 1 N–H and O–H groups in total. The van der Waals surface area contributed by atoms with Crippen LogP contribution < -0.4 is 5.32 Å². The van der Waals surface area contributed by atoms with E-state index in [1.807, 2.05) is 18.5 Å². The molecule has 4 heterocycles. The molecule has 2 spiro atoms. The summed E-state index contributed by atoms with van der Waals surface area (Å²) in [5.74, 6) is 0. The van der Waals surface area contributed by atoms with Crippen molar-refractivity contribution in [3.05, 3.63) is 48.0 Å². The van der Waals surface area contributed by atoms with Crippen molar-refractivity contribution in [1.82, 2.24) is 20.1 Å². The monoisotopic (exact) mass is 406 g/mol. The molecule has 0 bridgehead atoms. The summed E-state index contributed by atoms with van der Waals surface area (Å²) in [6.45, 7) is 1.89. The van der Waals surface area contributed by atoms with Gasteiger partial charge in [-0.15, -0.1) is 0 Å². The molecule has 2 aliphatic carbocycles. The highest BCUT2D eigenvalue weighted by atomic mass is 16.5. The fourth-order valence-corrected chi connectivity index (χ4v) is 6.73. The molecule has 2 atom stereocenters. The Labute approximate surface area is 179 Å². The van der Waals surface area contributed by atoms with Crippen molar-refractivity contribution in [2.75, 3.05) is 13.2 Å². The molecule has 3 fully saturated rings. The third kappa shape index (κ3) is 3.13. The summed E-state index contributed by atoms with van der Waals surface area (Å²) in [6.07, 6.45) is 17.5. The molecule has 5 nitrogen and oxygen atoms in total. The molecule has 4 aliphatic rings. The standard InChI is InChI=1S/C25H34N4O/c1-4-15-27-22(5-1)23(14-18-30-25(19-23)8-2-3-9-25)13-17-26-20-6-10-24(11-12-24)29-21(20)7-16-28-29/h1,4-5,7,15-16,20,26H,2-3,6,8-14,17-19H2/t20?,23-/m1/s1. The van der Waals surface area contributed by atoms with Gasteiger partial charge < -0.3 is 10.1 Å². The van der Waals surface area contributed by atoms with E-state index >= 15 is 0 Å². The second kappa shape index (κ2) is 7.16.